The second-order valence-corrected chi connectivity index (χ2v) is 8.67. The lowest BCUT2D eigenvalue weighted by molar-refractivity contribution is 0.0696. The van der Waals surface area contributed by atoms with E-state index in [0.29, 0.717) is 35.7 Å². The third kappa shape index (κ3) is 3.82. The fourth-order valence-corrected chi connectivity index (χ4v) is 4.37. The number of rotatable bonds is 5. The summed E-state index contributed by atoms with van der Waals surface area (Å²) in [5.41, 5.74) is 1.79. The number of nitrogens with zero attached hydrogens (tertiary/aromatic N) is 5. The highest BCUT2D eigenvalue weighted by Gasteiger charge is 2.38. The van der Waals surface area contributed by atoms with E-state index < -0.39 is 22.2 Å². The highest BCUT2D eigenvalue weighted by Crippen LogP contribution is 2.34. The minimum atomic E-state index is -3.59. The van der Waals surface area contributed by atoms with Gasteiger partial charge in [0, 0.05) is 44.3 Å². The van der Waals surface area contributed by atoms with Gasteiger partial charge >= 0.3 is 5.97 Å². The summed E-state index contributed by atoms with van der Waals surface area (Å²) in [6.07, 6.45) is 4.15. The third-order valence-electron chi connectivity index (χ3n) is 4.41. The Hall–Kier alpha value is -2.43. The quantitative estimate of drug-likeness (QED) is 0.820. The number of carboxylic acid groups (broad SMARTS) is 1. The van der Waals surface area contributed by atoms with Gasteiger partial charge in [-0.3, -0.25) is 4.98 Å². The summed E-state index contributed by atoms with van der Waals surface area (Å²) >= 11 is 0. The fourth-order valence-electron chi connectivity index (χ4n) is 3.07. The molecule has 1 N–H and O–H groups in total. The van der Waals surface area contributed by atoms with Crippen LogP contribution >= 0.6 is 0 Å². The number of pyridine rings is 1. The van der Waals surface area contributed by atoms with Crippen LogP contribution < -0.4 is 0 Å². The van der Waals surface area contributed by atoms with Crippen molar-refractivity contribution in [2.45, 2.75) is 25.8 Å². The second kappa shape index (κ2) is 7.29. The van der Waals surface area contributed by atoms with E-state index in [1.165, 1.54) is 41.2 Å². The summed E-state index contributed by atoms with van der Waals surface area (Å²) in [7, 11) is -0.593. The minimum absolute atomic E-state index is 0.0583. The molecule has 9 nitrogen and oxygen atoms in total. The Morgan fingerprint density at radius 1 is 1.26 bits per heavy atom. The molecule has 0 radical (unpaired) electrons. The Balaban J connectivity index is 2.03. The molecule has 1 fully saturated rings. The maximum Gasteiger partial charge on any atom is 0.337 e. The maximum absolute atomic E-state index is 12.6. The monoisotopic (exact) mass is 391 g/mol. The van der Waals surface area contributed by atoms with Crippen molar-refractivity contribution in [2.75, 3.05) is 20.6 Å². The lowest BCUT2D eigenvalue weighted by atomic mass is 10.1. The van der Waals surface area contributed by atoms with Gasteiger partial charge in [0.25, 0.3) is 10.2 Å². The van der Waals surface area contributed by atoms with Crippen LogP contribution in [-0.2, 0) is 10.2 Å². The number of hydrogen-bond acceptors (Lipinski definition) is 6. The van der Waals surface area contributed by atoms with Gasteiger partial charge in [-0.15, -0.1) is 0 Å². The van der Waals surface area contributed by atoms with Crippen molar-refractivity contribution >= 4 is 16.2 Å². The van der Waals surface area contributed by atoms with Crippen LogP contribution in [0.5, 0.6) is 0 Å². The van der Waals surface area contributed by atoms with E-state index in [0.717, 1.165) is 6.42 Å². The second-order valence-electron chi connectivity index (χ2n) is 6.58. The van der Waals surface area contributed by atoms with Gasteiger partial charge in [-0.25, -0.2) is 14.8 Å². The molecule has 0 aromatic carbocycles. The molecule has 2 aromatic heterocycles. The van der Waals surface area contributed by atoms with Crippen LogP contribution in [0.15, 0.2) is 24.5 Å². The third-order valence-corrected chi connectivity index (χ3v) is 6.36. The first-order valence-electron chi connectivity index (χ1n) is 8.43. The summed E-state index contributed by atoms with van der Waals surface area (Å²) in [5.74, 6) is -0.664. The van der Waals surface area contributed by atoms with Crippen LogP contribution in [0.3, 0.4) is 0 Å². The van der Waals surface area contributed by atoms with Crippen LogP contribution in [0.2, 0.25) is 0 Å². The topological polar surface area (TPSA) is 117 Å². The van der Waals surface area contributed by atoms with E-state index >= 15 is 0 Å². The van der Waals surface area contributed by atoms with Gasteiger partial charge in [0.15, 0.2) is 0 Å². The smallest absolute Gasteiger partial charge is 0.337 e. The molecule has 1 atom stereocenters. The largest absolute Gasteiger partial charge is 0.478 e. The molecule has 1 aliphatic heterocycles. The number of aromatic carboxylic acids is 1. The minimum Gasteiger partial charge on any atom is -0.478 e. The summed E-state index contributed by atoms with van der Waals surface area (Å²) in [6.45, 7) is 2.21. The summed E-state index contributed by atoms with van der Waals surface area (Å²) in [4.78, 5) is 24.1. The van der Waals surface area contributed by atoms with Crippen molar-refractivity contribution in [1.82, 2.24) is 23.6 Å². The van der Waals surface area contributed by atoms with E-state index in [1.807, 2.05) is 0 Å². The standard InChI is InChI=1S/C17H21N5O4S/c1-11-7-14(12-8-13(17(23)24)10-18-9-12)20-16(19-11)15-5-4-6-22(15)27(25,26)21(2)3/h7-10,15H,4-6H2,1-3H3,(H,23,24). The van der Waals surface area contributed by atoms with E-state index in [1.54, 1.807) is 13.0 Å². The van der Waals surface area contributed by atoms with Crippen molar-refractivity contribution in [2.24, 2.45) is 0 Å². The van der Waals surface area contributed by atoms with Crippen LogP contribution in [0.4, 0.5) is 0 Å². The van der Waals surface area contributed by atoms with Crippen LogP contribution in [0.1, 0.15) is 40.8 Å². The van der Waals surface area contributed by atoms with Gasteiger partial charge < -0.3 is 5.11 Å². The Labute approximate surface area is 157 Å². The predicted molar refractivity (Wildman–Crippen MR) is 98.2 cm³/mol. The van der Waals surface area contributed by atoms with Gasteiger partial charge in [0.05, 0.1) is 17.3 Å². The number of aryl methyl sites for hydroxylation is 1. The Kier molecular flexibility index (Phi) is 5.22. The van der Waals surface area contributed by atoms with Gasteiger partial charge in [-0.2, -0.15) is 17.0 Å². The van der Waals surface area contributed by atoms with Gasteiger partial charge in [0.1, 0.15) is 5.82 Å². The highest BCUT2D eigenvalue weighted by molar-refractivity contribution is 7.86. The highest BCUT2D eigenvalue weighted by atomic mass is 32.2. The molecular weight excluding hydrogens is 370 g/mol. The first-order valence-corrected chi connectivity index (χ1v) is 9.83. The first-order chi connectivity index (χ1) is 12.7. The molecule has 0 amide bonds. The number of carbonyl (C=O) groups is 1. The zero-order valence-corrected chi connectivity index (χ0v) is 16.1. The number of aromatic nitrogens is 3. The molecule has 144 valence electrons. The van der Waals surface area contributed by atoms with E-state index in [-0.39, 0.29) is 5.56 Å². The van der Waals surface area contributed by atoms with E-state index in [9.17, 15) is 13.2 Å². The maximum atomic E-state index is 12.6. The first kappa shape index (κ1) is 19.3. The molecule has 0 bridgehead atoms. The normalized spacial score (nSPS) is 18.1. The van der Waals surface area contributed by atoms with Crippen LogP contribution in [-0.4, -0.2) is 63.7 Å². The average molecular weight is 391 g/mol. The molecule has 1 saturated heterocycles. The molecular formula is C17H21N5O4S. The lowest BCUT2D eigenvalue weighted by Gasteiger charge is -2.26. The SMILES string of the molecule is Cc1cc(-c2cncc(C(=O)O)c2)nc(C2CCCN2S(=O)(=O)N(C)C)n1. The van der Waals surface area contributed by atoms with Gasteiger partial charge in [0.2, 0.25) is 0 Å². The lowest BCUT2D eigenvalue weighted by Crippen LogP contribution is -2.40. The summed E-state index contributed by atoms with van der Waals surface area (Å²) < 4.78 is 27.8. The van der Waals surface area contributed by atoms with Crippen molar-refractivity contribution in [3.63, 3.8) is 0 Å². The van der Waals surface area contributed by atoms with Crippen molar-refractivity contribution < 1.29 is 18.3 Å². The Bertz CT molecular complexity index is 977. The van der Waals surface area contributed by atoms with Crippen molar-refractivity contribution in [3.8, 4) is 11.3 Å². The van der Waals surface area contributed by atoms with Gasteiger partial charge in [-0.1, -0.05) is 0 Å². The molecule has 1 aliphatic rings. The summed E-state index contributed by atoms with van der Waals surface area (Å²) in [5, 5.41) is 9.16. The molecule has 27 heavy (non-hydrogen) atoms. The van der Waals surface area contributed by atoms with E-state index in [4.69, 9.17) is 5.11 Å². The van der Waals surface area contributed by atoms with Crippen molar-refractivity contribution in [1.29, 1.82) is 0 Å². The molecule has 2 aromatic rings. The molecule has 1 unspecified atom stereocenters. The van der Waals surface area contributed by atoms with Crippen LogP contribution in [0, 0.1) is 6.92 Å². The molecule has 3 rings (SSSR count). The molecule has 0 spiro atoms. The predicted octanol–water partition coefficient (Wildman–Crippen LogP) is 1.49. The average Bonchev–Trinajstić information content (AvgIpc) is 3.11. The zero-order chi connectivity index (χ0) is 19.8. The molecule has 0 saturated carbocycles. The van der Waals surface area contributed by atoms with Crippen LogP contribution in [0.25, 0.3) is 11.3 Å². The number of hydrogen-bond donors (Lipinski definition) is 1. The number of carboxylic acids is 1. The molecule has 10 heteroatoms. The summed E-state index contributed by atoms with van der Waals surface area (Å²) in [6, 6.07) is 2.77. The van der Waals surface area contributed by atoms with E-state index in [2.05, 4.69) is 15.0 Å². The Morgan fingerprint density at radius 2 is 2.00 bits per heavy atom. The zero-order valence-electron chi connectivity index (χ0n) is 15.3. The fraction of sp³-hybridized carbons (Fsp3) is 0.412. The van der Waals surface area contributed by atoms with Gasteiger partial charge in [-0.05, 0) is 31.9 Å². The molecule has 0 aliphatic carbocycles. The Morgan fingerprint density at radius 3 is 2.67 bits per heavy atom. The van der Waals surface area contributed by atoms with Crippen molar-refractivity contribution in [3.05, 3.63) is 41.6 Å². The molecule has 3 heterocycles.